The van der Waals surface area contributed by atoms with Crippen LogP contribution in [0.2, 0.25) is 0 Å². The Morgan fingerprint density at radius 3 is 2.65 bits per heavy atom. The first-order chi connectivity index (χ1) is 7.84. The fourth-order valence-electron chi connectivity index (χ4n) is 2.53. The summed E-state index contributed by atoms with van der Waals surface area (Å²) >= 11 is 0. The van der Waals surface area contributed by atoms with Gasteiger partial charge < -0.3 is 14.6 Å². The van der Waals surface area contributed by atoms with Crippen LogP contribution < -0.4 is 9.47 Å². The molecule has 0 amide bonds. The lowest BCUT2D eigenvalue weighted by Gasteiger charge is -2.29. The van der Waals surface area contributed by atoms with Crippen molar-refractivity contribution in [2.45, 2.75) is 32.8 Å². The van der Waals surface area contributed by atoms with E-state index in [9.17, 15) is 5.11 Å². The third-order valence-corrected chi connectivity index (χ3v) is 3.21. The van der Waals surface area contributed by atoms with Gasteiger partial charge in [-0.3, -0.25) is 0 Å². The van der Waals surface area contributed by atoms with Gasteiger partial charge in [0.1, 0.15) is 11.5 Å². The predicted molar refractivity (Wildman–Crippen MR) is 66.5 cm³/mol. The molecule has 0 bridgehead atoms. The lowest BCUT2D eigenvalue weighted by molar-refractivity contribution is 0.0106. The van der Waals surface area contributed by atoms with Crippen LogP contribution in [0.25, 0.3) is 0 Å². The average Bonchev–Trinajstić information content (AvgIpc) is 2.33. The topological polar surface area (TPSA) is 38.7 Å². The Morgan fingerprint density at radius 2 is 2.00 bits per heavy atom. The van der Waals surface area contributed by atoms with Gasteiger partial charge in [0.25, 0.3) is 0 Å². The summed E-state index contributed by atoms with van der Waals surface area (Å²) in [6, 6.07) is 5.58. The van der Waals surface area contributed by atoms with Gasteiger partial charge in [0.2, 0.25) is 0 Å². The van der Waals surface area contributed by atoms with Crippen LogP contribution in [0.4, 0.5) is 0 Å². The molecule has 1 aromatic carbocycles. The summed E-state index contributed by atoms with van der Waals surface area (Å²) in [5.41, 5.74) is -0.123. The Labute approximate surface area is 102 Å². The maximum absolute atomic E-state index is 10.6. The highest BCUT2D eigenvalue weighted by molar-refractivity contribution is 5.44. The fraction of sp³-hybridized carbons (Fsp3) is 0.571. The van der Waals surface area contributed by atoms with Gasteiger partial charge in [-0.15, -0.1) is 0 Å². The van der Waals surface area contributed by atoms with Gasteiger partial charge in [-0.1, -0.05) is 13.8 Å². The van der Waals surface area contributed by atoms with Crippen LogP contribution in [0.5, 0.6) is 11.5 Å². The molecule has 1 unspecified atom stereocenters. The van der Waals surface area contributed by atoms with Crippen LogP contribution in [0.1, 0.15) is 32.8 Å². The van der Waals surface area contributed by atoms with Gasteiger partial charge in [-0.05, 0) is 31.5 Å². The molecule has 1 aliphatic rings. The second kappa shape index (κ2) is 3.91. The summed E-state index contributed by atoms with van der Waals surface area (Å²) in [4.78, 5) is 0. The molecule has 3 heteroatoms. The lowest BCUT2D eigenvalue weighted by atomic mass is 9.79. The van der Waals surface area contributed by atoms with Gasteiger partial charge in [-0.25, -0.2) is 0 Å². The normalized spacial score (nSPS) is 26.6. The Bertz CT molecular complexity index is 421. The van der Waals surface area contributed by atoms with Crippen molar-refractivity contribution in [1.82, 2.24) is 0 Å². The molecule has 0 saturated carbocycles. The molecule has 1 aliphatic heterocycles. The van der Waals surface area contributed by atoms with Gasteiger partial charge >= 0.3 is 0 Å². The number of rotatable bonds is 1. The first-order valence-corrected chi connectivity index (χ1v) is 5.88. The van der Waals surface area contributed by atoms with E-state index in [0.29, 0.717) is 13.0 Å². The van der Waals surface area contributed by atoms with Crippen LogP contribution in [-0.2, 0) is 5.60 Å². The van der Waals surface area contributed by atoms with Gasteiger partial charge in [0, 0.05) is 11.0 Å². The van der Waals surface area contributed by atoms with Crippen molar-refractivity contribution >= 4 is 0 Å². The highest BCUT2D eigenvalue weighted by atomic mass is 16.5. The zero-order chi connectivity index (χ0) is 12.7. The fourth-order valence-corrected chi connectivity index (χ4v) is 2.53. The van der Waals surface area contributed by atoms with Crippen LogP contribution >= 0.6 is 0 Å². The maximum Gasteiger partial charge on any atom is 0.125 e. The Kier molecular flexibility index (Phi) is 2.82. The predicted octanol–water partition coefficient (Wildman–Crippen LogP) is 2.71. The molecule has 0 aliphatic carbocycles. The highest BCUT2D eigenvalue weighted by Gasteiger charge is 2.38. The molecule has 0 saturated heterocycles. The van der Waals surface area contributed by atoms with E-state index in [1.165, 1.54) is 0 Å². The zero-order valence-electron chi connectivity index (χ0n) is 10.9. The second-order valence-electron chi connectivity index (χ2n) is 5.77. The van der Waals surface area contributed by atoms with Gasteiger partial charge in [0.15, 0.2) is 0 Å². The largest absolute Gasteiger partial charge is 0.497 e. The summed E-state index contributed by atoms with van der Waals surface area (Å²) in [6.07, 6.45) is 0.667. The van der Waals surface area contributed by atoms with Crippen molar-refractivity contribution in [3.8, 4) is 11.5 Å². The third kappa shape index (κ3) is 2.39. The van der Waals surface area contributed by atoms with Gasteiger partial charge in [-0.2, -0.15) is 0 Å². The number of methoxy groups -OCH3 is 1. The summed E-state index contributed by atoms with van der Waals surface area (Å²) in [7, 11) is 1.62. The van der Waals surface area contributed by atoms with Crippen LogP contribution in [-0.4, -0.2) is 18.8 Å². The van der Waals surface area contributed by atoms with E-state index in [-0.39, 0.29) is 5.41 Å². The van der Waals surface area contributed by atoms with E-state index in [0.717, 1.165) is 17.1 Å². The summed E-state index contributed by atoms with van der Waals surface area (Å²) in [5.74, 6) is 1.49. The van der Waals surface area contributed by atoms with Crippen LogP contribution in [0.3, 0.4) is 0 Å². The molecule has 3 nitrogen and oxygen atoms in total. The zero-order valence-corrected chi connectivity index (χ0v) is 10.9. The highest BCUT2D eigenvalue weighted by Crippen LogP contribution is 2.43. The molecule has 0 fully saturated rings. The van der Waals surface area contributed by atoms with Crippen molar-refractivity contribution in [2.75, 3.05) is 13.7 Å². The molecule has 2 rings (SSSR count). The standard InChI is InChI=1S/C14H20O3/c1-13(2)8-14(3,15)11-7-10(16-4)5-6-12(11)17-9-13/h5-7,15H,8-9H2,1-4H3. The lowest BCUT2D eigenvalue weighted by Crippen LogP contribution is -2.29. The molecular weight excluding hydrogens is 216 g/mol. The van der Waals surface area contributed by atoms with E-state index < -0.39 is 5.60 Å². The molecule has 1 aromatic rings. The van der Waals surface area contributed by atoms with E-state index >= 15 is 0 Å². The smallest absolute Gasteiger partial charge is 0.125 e. The van der Waals surface area contributed by atoms with E-state index in [4.69, 9.17) is 9.47 Å². The minimum absolute atomic E-state index is 0.0459. The molecule has 0 aromatic heterocycles. The van der Waals surface area contributed by atoms with Crippen molar-refractivity contribution in [1.29, 1.82) is 0 Å². The summed E-state index contributed by atoms with van der Waals surface area (Å²) in [6.45, 7) is 6.65. The van der Waals surface area contributed by atoms with Crippen LogP contribution in [0, 0.1) is 5.41 Å². The van der Waals surface area contributed by atoms with Gasteiger partial charge in [0.05, 0.1) is 19.3 Å². The molecule has 0 spiro atoms. The monoisotopic (exact) mass is 236 g/mol. The number of hydrogen-bond acceptors (Lipinski definition) is 3. The molecule has 94 valence electrons. The minimum Gasteiger partial charge on any atom is -0.497 e. The quantitative estimate of drug-likeness (QED) is 0.814. The molecule has 17 heavy (non-hydrogen) atoms. The number of hydrogen-bond donors (Lipinski definition) is 1. The Balaban J connectivity index is 2.49. The molecule has 0 radical (unpaired) electrons. The van der Waals surface area contributed by atoms with Crippen molar-refractivity contribution in [3.63, 3.8) is 0 Å². The maximum atomic E-state index is 10.6. The Hall–Kier alpha value is -1.22. The van der Waals surface area contributed by atoms with Crippen molar-refractivity contribution < 1.29 is 14.6 Å². The minimum atomic E-state index is -0.885. The number of fused-ring (bicyclic) bond motifs is 1. The summed E-state index contributed by atoms with van der Waals surface area (Å²) < 4.78 is 11.0. The van der Waals surface area contributed by atoms with E-state index in [1.807, 2.05) is 25.1 Å². The van der Waals surface area contributed by atoms with Crippen LogP contribution in [0.15, 0.2) is 18.2 Å². The Morgan fingerprint density at radius 1 is 1.29 bits per heavy atom. The van der Waals surface area contributed by atoms with E-state index in [1.54, 1.807) is 7.11 Å². The number of benzene rings is 1. The van der Waals surface area contributed by atoms with Crippen molar-refractivity contribution in [3.05, 3.63) is 23.8 Å². The first kappa shape index (κ1) is 12.2. The second-order valence-corrected chi connectivity index (χ2v) is 5.77. The van der Waals surface area contributed by atoms with E-state index in [2.05, 4.69) is 13.8 Å². The molecular formula is C14H20O3. The number of ether oxygens (including phenoxy) is 2. The number of aliphatic hydroxyl groups is 1. The summed E-state index contributed by atoms with van der Waals surface area (Å²) in [5, 5.41) is 10.6. The molecule has 1 N–H and O–H groups in total. The SMILES string of the molecule is COc1ccc2c(c1)C(C)(O)CC(C)(C)CO2. The first-order valence-electron chi connectivity index (χ1n) is 5.88. The molecule has 1 heterocycles. The molecule has 1 atom stereocenters. The third-order valence-electron chi connectivity index (χ3n) is 3.21. The average molecular weight is 236 g/mol. The van der Waals surface area contributed by atoms with Crippen molar-refractivity contribution in [2.24, 2.45) is 5.41 Å².